The zero-order valence-corrected chi connectivity index (χ0v) is 9.88. The van der Waals surface area contributed by atoms with Gasteiger partial charge in [-0.15, -0.1) is 0 Å². The molecule has 6 heteroatoms. The van der Waals surface area contributed by atoms with Crippen LogP contribution in [0.25, 0.3) is 0 Å². The highest BCUT2D eigenvalue weighted by Gasteiger charge is 2.43. The number of hydrogen-bond acceptors (Lipinski definition) is 4. The molecule has 0 bridgehead atoms. The Balaban J connectivity index is 1.93. The Morgan fingerprint density at radius 3 is 2.53 bits per heavy atom. The van der Waals surface area contributed by atoms with Gasteiger partial charge < -0.3 is 4.90 Å². The molecule has 1 N–H and O–H groups in total. The second-order valence-corrected chi connectivity index (χ2v) is 4.55. The van der Waals surface area contributed by atoms with Gasteiger partial charge in [0, 0.05) is 12.1 Å². The van der Waals surface area contributed by atoms with Gasteiger partial charge in [0.05, 0.1) is 6.42 Å². The number of piperidine rings is 1. The van der Waals surface area contributed by atoms with E-state index in [0.29, 0.717) is 5.56 Å². The van der Waals surface area contributed by atoms with Crippen molar-refractivity contribution in [2.75, 3.05) is 0 Å². The van der Waals surface area contributed by atoms with Crippen LogP contribution in [0, 0.1) is 0 Å². The number of nitrogens with zero attached hydrogens (tertiary/aromatic N) is 1. The fraction of sp³-hybridized carbons (Fsp3) is 0.231. The van der Waals surface area contributed by atoms with Crippen LogP contribution >= 0.6 is 0 Å². The van der Waals surface area contributed by atoms with Gasteiger partial charge in [0.1, 0.15) is 0 Å². The van der Waals surface area contributed by atoms with Crippen molar-refractivity contribution in [3.05, 3.63) is 35.4 Å². The van der Waals surface area contributed by atoms with Crippen LogP contribution < -0.4 is 5.32 Å². The lowest BCUT2D eigenvalue weighted by Crippen LogP contribution is -2.57. The number of carbonyl (C=O) groups is 4. The summed E-state index contributed by atoms with van der Waals surface area (Å²) in [6.07, 6.45) is -0.365. The molecule has 2 aliphatic rings. The van der Waals surface area contributed by atoms with E-state index >= 15 is 0 Å². The summed E-state index contributed by atoms with van der Waals surface area (Å²) in [6, 6.07) is 5.77. The molecule has 1 aromatic carbocycles. The largest absolute Gasteiger partial charge is 0.316 e. The van der Waals surface area contributed by atoms with Crippen molar-refractivity contribution in [2.24, 2.45) is 0 Å². The minimum atomic E-state index is -1.20. The highest BCUT2D eigenvalue weighted by molar-refractivity contribution is 6.22. The van der Waals surface area contributed by atoms with Crippen LogP contribution in [0.5, 0.6) is 0 Å². The molecule has 1 saturated heterocycles. The Morgan fingerprint density at radius 2 is 1.84 bits per heavy atom. The lowest BCUT2D eigenvalue weighted by Gasteiger charge is -2.28. The summed E-state index contributed by atoms with van der Waals surface area (Å²) in [5.41, 5.74) is 1.28. The van der Waals surface area contributed by atoms with Crippen LogP contribution in [0.3, 0.4) is 0 Å². The molecule has 3 amide bonds. The Bertz CT molecular complexity index is 603. The zero-order valence-electron chi connectivity index (χ0n) is 9.88. The van der Waals surface area contributed by atoms with Gasteiger partial charge in [-0.25, -0.2) is 0 Å². The summed E-state index contributed by atoms with van der Waals surface area (Å²) in [7, 11) is 0. The third-order valence-corrected chi connectivity index (χ3v) is 3.31. The average molecular weight is 258 g/mol. The van der Waals surface area contributed by atoms with E-state index < -0.39 is 23.6 Å². The summed E-state index contributed by atoms with van der Waals surface area (Å²) in [6.45, 7) is 0.215. The summed E-state index contributed by atoms with van der Waals surface area (Å²) in [5.74, 6) is -2.22. The van der Waals surface area contributed by atoms with E-state index in [1.165, 1.54) is 4.90 Å². The maximum Gasteiger partial charge on any atom is 0.257 e. The van der Waals surface area contributed by atoms with Crippen LogP contribution in [0.1, 0.15) is 22.3 Å². The Hall–Kier alpha value is -2.50. The van der Waals surface area contributed by atoms with E-state index in [1.807, 2.05) is 0 Å². The first kappa shape index (κ1) is 11.6. The number of amides is 3. The summed E-state index contributed by atoms with van der Waals surface area (Å²) in [4.78, 5) is 48.1. The van der Waals surface area contributed by atoms with Crippen LogP contribution in [-0.4, -0.2) is 34.4 Å². The lowest BCUT2D eigenvalue weighted by molar-refractivity contribution is -0.144. The number of rotatable bonds is 1. The molecule has 3 rings (SSSR count). The molecule has 19 heavy (non-hydrogen) atoms. The van der Waals surface area contributed by atoms with Gasteiger partial charge in [-0.1, -0.05) is 18.2 Å². The molecule has 0 spiro atoms. The van der Waals surface area contributed by atoms with E-state index in [2.05, 4.69) is 5.32 Å². The maximum absolute atomic E-state index is 12.2. The first-order valence-electron chi connectivity index (χ1n) is 5.83. The number of imide groups is 1. The first-order valence-corrected chi connectivity index (χ1v) is 5.83. The monoisotopic (exact) mass is 258 g/mol. The third kappa shape index (κ3) is 1.72. The standard InChI is InChI=1S/C13H10N2O4/c16-9-5-10(17)14-12(18)11(9)15-6-7-3-1-2-4-8(7)13(15)19/h1-4,11H,5-6H2,(H,14,17,18). The van der Waals surface area contributed by atoms with Crippen LogP contribution in [-0.2, 0) is 20.9 Å². The Kier molecular flexibility index (Phi) is 2.45. The van der Waals surface area contributed by atoms with Crippen LogP contribution in [0.15, 0.2) is 24.3 Å². The van der Waals surface area contributed by atoms with Crippen molar-refractivity contribution in [3.8, 4) is 0 Å². The Labute approximate surface area is 108 Å². The Morgan fingerprint density at radius 1 is 1.11 bits per heavy atom. The van der Waals surface area contributed by atoms with Gasteiger partial charge in [0.15, 0.2) is 11.8 Å². The molecule has 0 radical (unpaired) electrons. The van der Waals surface area contributed by atoms with E-state index in [0.717, 1.165) is 5.56 Å². The molecule has 2 aliphatic heterocycles. The van der Waals surface area contributed by atoms with Crippen molar-refractivity contribution in [2.45, 2.75) is 19.0 Å². The minimum absolute atomic E-state index is 0.215. The molecule has 0 aromatic heterocycles. The van der Waals surface area contributed by atoms with Crippen molar-refractivity contribution in [3.63, 3.8) is 0 Å². The molecular formula is C13H10N2O4. The zero-order chi connectivity index (χ0) is 13.6. The quantitative estimate of drug-likeness (QED) is 0.550. The van der Waals surface area contributed by atoms with Gasteiger partial charge in [0.25, 0.3) is 11.8 Å². The molecular weight excluding hydrogens is 248 g/mol. The summed E-state index contributed by atoms with van der Waals surface area (Å²) in [5, 5.41) is 2.09. The van der Waals surface area contributed by atoms with E-state index in [1.54, 1.807) is 24.3 Å². The van der Waals surface area contributed by atoms with E-state index in [-0.39, 0.29) is 18.9 Å². The summed E-state index contributed by atoms with van der Waals surface area (Å²) >= 11 is 0. The van der Waals surface area contributed by atoms with Gasteiger partial charge in [0.2, 0.25) is 5.91 Å². The number of Topliss-reactive ketones (excluding diaryl/α,β-unsaturated/α-hetero) is 1. The van der Waals surface area contributed by atoms with Gasteiger partial charge in [-0.3, -0.25) is 24.5 Å². The molecule has 1 fully saturated rings. The molecule has 0 aliphatic carbocycles. The molecule has 1 unspecified atom stereocenters. The third-order valence-electron chi connectivity index (χ3n) is 3.31. The fourth-order valence-electron chi connectivity index (χ4n) is 2.45. The van der Waals surface area contributed by atoms with E-state index in [4.69, 9.17) is 0 Å². The van der Waals surface area contributed by atoms with Crippen molar-refractivity contribution in [1.82, 2.24) is 10.2 Å². The van der Waals surface area contributed by atoms with Crippen molar-refractivity contribution in [1.29, 1.82) is 0 Å². The van der Waals surface area contributed by atoms with Gasteiger partial charge in [-0.05, 0) is 11.6 Å². The van der Waals surface area contributed by atoms with Crippen LogP contribution in [0.4, 0.5) is 0 Å². The van der Waals surface area contributed by atoms with Gasteiger partial charge >= 0.3 is 0 Å². The predicted octanol–water partition coefficient (Wildman–Crippen LogP) is -0.373. The number of ketones is 1. The smallest absolute Gasteiger partial charge is 0.257 e. The number of hydrogen-bond donors (Lipinski definition) is 1. The second-order valence-electron chi connectivity index (χ2n) is 4.55. The molecule has 6 nitrogen and oxygen atoms in total. The number of nitrogens with one attached hydrogen (secondary N) is 1. The second kappa shape index (κ2) is 4.01. The van der Waals surface area contributed by atoms with Crippen molar-refractivity contribution < 1.29 is 19.2 Å². The molecule has 1 aromatic rings. The lowest BCUT2D eigenvalue weighted by atomic mass is 10.0. The predicted molar refractivity (Wildman–Crippen MR) is 62.9 cm³/mol. The number of fused-ring (bicyclic) bond motifs is 1. The topological polar surface area (TPSA) is 83.6 Å². The molecule has 96 valence electrons. The highest BCUT2D eigenvalue weighted by Crippen LogP contribution is 2.25. The number of benzene rings is 1. The normalized spacial score (nSPS) is 22.5. The summed E-state index contributed by atoms with van der Waals surface area (Å²) < 4.78 is 0. The molecule has 2 heterocycles. The highest BCUT2D eigenvalue weighted by atomic mass is 16.2. The molecule has 1 atom stereocenters. The van der Waals surface area contributed by atoms with E-state index in [9.17, 15) is 19.2 Å². The van der Waals surface area contributed by atoms with Crippen LogP contribution in [0.2, 0.25) is 0 Å². The molecule has 0 saturated carbocycles. The fourth-order valence-corrected chi connectivity index (χ4v) is 2.45. The SMILES string of the molecule is O=C1CC(=O)C(N2Cc3ccccc3C2=O)C(=O)N1. The average Bonchev–Trinajstić information content (AvgIpc) is 2.66. The number of carbonyl (C=O) groups excluding carboxylic acids is 4. The minimum Gasteiger partial charge on any atom is -0.316 e. The first-order chi connectivity index (χ1) is 9.08. The maximum atomic E-state index is 12.2. The van der Waals surface area contributed by atoms with Gasteiger partial charge in [-0.2, -0.15) is 0 Å². The van der Waals surface area contributed by atoms with Crippen molar-refractivity contribution >= 4 is 23.5 Å².